The van der Waals surface area contributed by atoms with E-state index in [0.29, 0.717) is 39.5 Å². The van der Waals surface area contributed by atoms with Crippen molar-refractivity contribution in [3.05, 3.63) is 0 Å². The van der Waals surface area contributed by atoms with Gasteiger partial charge in [0.1, 0.15) is 0 Å². The summed E-state index contributed by atoms with van der Waals surface area (Å²) in [4.78, 5) is 0. The maximum atomic E-state index is 12.7. The van der Waals surface area contributed by atoms with E-state index in [1.165, 1.54) is 0 Å². The molecule has 0 saturated heterocycles. The lowest BCUT2D eigenvalue weighted by Crippen LogP contribution is -2.12. The van der Waals surface area contributed by atoms with Gasteiger partial charge in [0.25, 0.3) is 0 Å². The summed E-state index contributed by atoms with van der Waals surface area (Å²) in [7, 11) is -3.67. The molecule has 9 heteroatoms. The average Bonchev–Trinajstić information content (AvgIpc) is 2.67. The number of hydrogen-bond acceptors (Lipinski definition) is 8. The molecule has 0 unspecified atom stereocenters. The molecule has 0 aliphatic heterocycles. The lowest BCUT2D eigenvalue weighted by molar-refractivity contribution is 0.0327. The topological polar surface area (TPSA) is 92.7 Å². The molecule has 0 aliphatic carbocycles. The molecule has 0 fully saturated rings. The van der Waals surface area contributed by atoms with Gasteiger partial charge in [0.05, 0.1) is 39.6 Å². The first-order chi connectivity index (χ1) is 13.2. The largest absolute Gasteiger partial charge is 0.475 e. The van der Waals surface area contributed by atoms with Crippen LogP contribution < -0.4 is 0 Å². The molecule has 8 nitrogen and oxygen atoms in total. The van der Waals surface area contributed by atoms with E-state index in [-0.39, 0.29) is 33.0 Å². The number of phosphoric ester groups is 1. The SMILES string of the molecule is CCCCOCCOP(=O)(OCCOCCCC)OCCOCCCCO. The quantitative estimate of drug-likeness (QED) is 0.212. The second-order valence-electron chi connectivity index (χ2n) is 5.92. The van der Waals surface area contributed by atoms with Crippen LogP contribution in [0.1, 0.15) is 52.4 Å². The van der Waals surface area contributed by atoms with Gasteiger partial charge in [0.15, 0.2) is 0 Å². The maximum Gasteiger partial charge on any atom is 0.475 e. The summed E-state index contributed by atoms with van der Waals surface area (Å²) in [6.07, 6.45) is 5.54. The molecular formula is C18H39O8P. The van der Waals surface area contributed by atoms with Crippen LogP contribution >= 0.6 is 7.82 Å². The number of phosphoric acid groups is 1. The van der Waals surface area contributed by atoms with Crippen molar-refractivity contribution in [1.82, 2.24) is 0 Å². The Kier molecular flexibility index (Phi) is 20.6. The van der Waals surface area contributed by atoms with E-state index in [2.05, 4.69) is 13.8 Å². The predicted octanol–water partition coefficient (Wildman–Crippen LogP) is 3.57. The first kappa shape index (κ1) is 27.0. The van der Waals surface area contributed by atoms with Gasteiger partial charge >= 0.3 is 7.82 Å². The second-order valence-corrected chi connectivity index (χ2v) is 7.59. The molecule has 164 valence electrons. The van der Waals surface area contributed by atoms with Crippen molar-refractivity contribution in [2.24, 2.45) is 0 Å². The minimum absolute atomic E-state index is 0.101. The number of ether oxygens (including phenoxy) is 3. The molecule has 0 radical (unpaired) electrons. The highest BCUT2D eigenvalue weighted by molar-refractivity contribution is 7.48. The van der Waals surface area contributed by atoms with Crippen LogP contribution in [0, 0.1) is 0 Å². The van der Waals surface area contributed by atoms with Gasteiger partial charge in [-0.2, -0.15) is 0 Å². The molecule has 1 N–H and O–H groups in total. The van der Waals surface area contributed by atoms with Crippen LogP contribution in [0.25, 0.3) is 0 Å². The molecule has 0 rings (SSSR count). The first-order valence-corrected chi connectivity index (χ1v) is 11.5. The molecular weight excluding hydrogens is 375 g/mol. The predicted molar refractivity (Wildman–Crippen MR) is 104 cm³/mol. The fourth-order valence-electron chi connectivity index (χ4n) is 1.85. The standard InChI is InChI=1S/C18H39O8P/c1-3-5-10-21-13-16-24-27(20,25-17-14-22-11-6-4-2)26-18-15-23-12-8-7-9-19/h19H,3-18H2,1-2H3. The van der Waals surface area contributed by atoms with Gasteiger partial charge < -0.3 is 19.3 Å². The van der Waals surface area contributed by atoms with Gasteiger partial charge in [-0.15, -0.1) is 0 Å². The van der Waals surface area contributed by atoms with Gasteiger partial charge in [-0.1, -0.05) is 26.7 Å². The molecule has 0 atom stereocenters. The Morgan fingerprint density at radius 1 is 0.593 bits per heavy atom. The Labute approximate surface area is 164 Å². The van der Waals surface area contributed by atoms with E-state index in [0.717, 1.165) is 32.1 Å². The molecule has 0 spiro atoms. The third-order valence-corrected chi connectivity index (χ3v) is 4.91. The maximum absolute atomic E-state index is 12.7. The average molecular weight is 414 g/mol. The molecule has 0 heterocycles. The van der Waals surface area contributed by atoms with Crippen LogP contribution in [-0.2, 0) is 32.3 Å². The van der Waals surface area contributed by atoms with Crippen LogP contribution in [0.2, 0.25) is 0 Å². The monoisotopic (exact) mass is 414 g/mol. The van der Waals surface area contributed by atoms with E-state index in [4.69, 9.17) is 32.9 Å². The number of aliphatic hydroxyl groups excluding tert-OH is 1. The molecule has 27 heavy (non-hydrogen) atoms. The zero-order valence-corrected chi connectivity index (χ0v) is 18.0. The van der Waals surface area contributed by atoms with Crippen LogP contribution in [0.15, 0.2) is 0 Å². The Bertz CT molecular complexity index is 323. The summed E-state index contributed by atoms with van der Waals surface area (Å²) in [5, 5.41) is 8.71. The molecule has 0 aliphatic rings. The molecule has 0 aromatic heterocycles. The zero-order valence-electron chi connectivity index (χ0n) is 17.1. The fraction of sp³-hybridized carbons (Fsp3) is 1.00. The highest BCUT2D eigenvalue weighted by Gasteiger charge is 2.26. The van der Waals surface area contributed by atoms with Crippen molar-refractivity contribution in [3.63, 3.8) is 0 Å². The van der Waals surface area contributed by atoms with Gasteiger partial charge in [-0.3, -0.25) is 13.6 Å². The number of unbranched alkanes of at least 4 members (excludes halogenated alkanes) is 3. The van der Waals surface area contributed by atoms with Gasteiger partial charge in [0, 0.05) is 26.4 Å². The highest BCUT2D eigenvalue weighted by atomic mass is 31.2. The summed E-state index contributed by atoms with van der Waals surface area (Å²) in [6, 6.07) is 0. The van der Waals surface area contributed by atoms with Crippen molar-refractivity contribution in [1.29, 1.82) is 0 Å². The second kappa shape index (κ2) is 20.7. The van der Waals surface area contributed by atoms with Crippen LogP contribution in [0.4, 0.5) is 0 Å². The third kappa shape index (κ3) is 19.1. The lowest BCUT2D eigenvalue weighted by atomic mass is 10.3. The van der Waals surface area contributed by atoms with Crippen molar-refractivity contribution in [3.8, 4) is 0 Å². The van der Waals surface area contributed by atoms with Crippen molar-refractivity contribution >= 4 is 7.82 Å². The van der Waals surface area contributed by atoms with Crippen molar-refractivity contribution in [2.75, 3.05) is 66.1 Å². The van der Waals surface area contributed by atoms with E-state index in [9.17, 15) is 4.57 Å². The summed E-state index contributed by atoms with van der Waals surface area (Å²) < 4.78 is 44.8. The Morgan fingerprint density at radius 3 is 1.37 bits per heavy atom. The summed E-state index contributed by atoms with van der Waals surface area (Å²) in [6.45, 7) is 7.47. The van der Waals surface area contributed by atoms with Gasteiger partial charge in [-0.05, 0) is 25.7 Å². The van der Waals surface area contributed by atoms with Crippen molar-refractivity contribution in [2.45, 2.75) is 52.4 Å². The first-order valence-electron chi connectivity index (χ1n) is 10.1. The zero-order chi connectivity index (χ0) is 20.1. The minimum Gasteiger partial charge on any atom is -0.396 e. The molecule has 0 saturated carbocycles. The third-order valence-electron chi connectivity index (χ3n) is 3.41. The molecule has 0 amide bonds. The molecule has 0 aromatic carbocycles. The fourth-order valence-corrected chi connectivity index (χ4v) is 2.97. The smallest absolute Gasteiger partial charge is 0.396 e. The number of rotatable bonds is 22. The van der Waals surface area contributed by atoms with E-state index < -0.39 is 7.82 Å². The van der Waals surface area contributed by atoms with Crippen molar-refractivity contribution < 1.29 is 37.5 Å². The van der Waals surface area contributed by atoms with Crippen LogP contribution in [0.5, 0.6) is 0 Å². The van der Waals surface area contributed by atoms with Crippen LogP contribution in [0.3, 0.4) is 0 Å². The Morgan fingerprint density at radius 2 is 1.00 bits per heavy atom. The van der Waals surface area contributed by atoms with Crippen LogP contribution in [-0.4, -0.2) is 71.2 Å². The van der Waals surface area contributed by atoms with Gasteiger partial charge in [0.2, 0.25) is 0 Å². The van der Waals surface area contributed by atoms with E-state index in [1.54, 1.807) is 0 Å². The minimum atomic E-state index is -3.67. The number of aliphatic hydroxyl groups is 1. The normalized spacial score (nSPS) is 12.0. The van der Waals surface area contributed by atoms with E-state index >= 15 is 0 Å². The summed E-state index contributed by atoms with van der Waals surface area (Å²) in [5.41, 5.74) is 0. The lowest BCUT2D eigenvalue weighted by Gasteiger charge is -2.18. The molecule has 0 bridgehead atoms. The number of hydrogen-bond donors (Lipinski definition) is 1. The van der Waals surface area contributed by atoms with E-state index in [1.807, 2.05) is 0 Å². The Hall–Kier alpha value is -0.0500. The Balaban J connectivity index is 4.04. The van der Waals surface area contributed by atoms with Gasteiger partial charge in [-0.25, -0.2) is 4.57 Å². The molecule has 0 aromatic rings. The summed E-state index contributed by atoms with van der Waals surface area (Å²) >= 11 is 0. The highest BCUT2D eigenvalue weighted by Crippen LogP contribution is 2.49. The summed E-state index contributed by atoms with van der Waals surface area (Å²) in [5.74, 6) is 0.